The Hall–Kier alpha value is -3.24. The number of aryl methyl sites for hydroxylation is 2. The van der Waals surface area contributed by atoms with Crippen LogP contribution in [0.3, 0.4) is 0 Å². The number of carboxylic acids is 1. The quantitative estimate of drug-likeness (QED) is 0.602. The van der Waals surface area contributed by atoms with Gasteiger partial charge in [0.2, 0.25) is 0 Å². The third-order valence-corrected chi connectivity index (χ3v) is 5.76. The predicted octanol–water partition coefficient (Wildman–Crippen LogP) is 3.14. The fraction of sp³-hybridized carbons (Fsp3) is 0.591. The smallest absolute Gasteiger partial charge is 0.409 e. The Balaban J connectivity index is 1.68. The molecule has 1 saturated carbocycles. The normalized spacial score (nSPS) is 18.1. The molecule has 0 spiro atoms. The van der Waals surface area contributed by atoms with Crippen molar-refractivity contribution in [2.75, 3.05) is 20.3 Å². The molecule has 2 atom stereocenters. The molecule has 3 rings (SSSR count). The summed E-state index contributed by atoms with van der Waals surface area (Å²) in [4.78, 5) is 29.3. The number of pyridine rings is 1. The van der Waals surface area contributed by atoms with Crippen LogP contribution in [0.15, 0.2) is 12.1 Å². The first kappa shape index (κ1) is 24.4. The highest BCUT2D eigenvalue weighted by molar-refractivity contribution is 5.70. The molecule has 2 aromatic rings. The Morgan fingerprint density at radius 2 is 2.12 bits per heavy atom. The lowest BCUT2D eigenvalue weighted by molar-refractivity contribution is -0.143. The lowest BCUT2D eigenvalue weighted by atomic mass is 9.87. The Morgan fingerprint density at radius 1 is 1.33 bits per heavy atom. The van der Waals surface area contributed by atoms with E-state index >= 15 is 0 Å². The maximum atomic E-state index is 12.3. The van der Waals surface area contributed by atoms with Crippen LogP contribution in [-0.2, 0) is 23.2 Å². The van der Waals surface area contributed by atoms with E-state index < -0.39 is 18.7 Å². The zero-order valence-corrected chi connectivity index (χ0v) is 19.2. The van der Waals surface area contributed by atoms with Gasteiger partial charge in [-0.1, -0.05) is 5.21 Å². The molecule has 33 heavy (non-hydrogen) atoms. The lowest BCUT2D eigenvalue weighted by Crippen LogP contribution is -2.29. The van der Waals surface area contributed by atoms with Crippen LogP contribution in [-0.4, -0.2) is 68.4 Å². The number of aromatic nitrogens is 4. The van der Waals surface area contributed by atoms with Crippen LogP contribution in [0.5, 0.6) is 5.75 Å². The van der Waals surface area contributed by atoms with Crippen LogP contribution >= 0.6 is 0 Å². The third-order valence-electron chi connectivity index (χ3n) is 5.76. The molecule has 10 nitrogen and oxygen atoms in total. The number of amides is 1. The Bertz CT molecular complexity index is 982. The molecule has 2 aromatic heterocycles. The Kier molecular flexibility index (Phi) is 8.18. The Labute approximate surface area is 191 Å². The summed E-state index contributed by atoms with van der Waals surface area (Å²) >= 11 is 0. The van der Waals surface area contributed by atoms with Gasteiger partial charge in [-0.25, -0.2) is 14.5 Å². The van der Waals surface area contributed by atoms with Crippen molar-refractivity contribution in [2.24, 2.45) is 13.0 Å². The number of aliphatic carboxylic acids is 1. The van der Waals surface area contributed by atoms with Gasteiger partial charge < -0.3 is 19.5 Å². The summed E-state index contributed by atoms with van der Waals surface area (Å²) in [7, 11) is 3.24. The van der Waals surface area contributed by atoms with Crippen LogP contribution in [0.4, 0.5) is 9.18 Å². The van der Waals surface area contributed by atoms with Crippen LogP contribution < -0.4 is 4.74 Å². The minimum Gasteiger partial charge on any atom is -0.489 e. The predicted molar refractivity (Wildman–Crippen MR) is 116 cm³/mol. The molecule has 0 radical (unpaired) electrons. The van der Waals surface area contributed by atoms with E-state index in [2.05, 4.69) is 15.3 Å². The first-order valence-electron chi connectivity index (χ1n) is 11.0. The number of hydrogen-bond acceptors (Lipinski definition) is 7. The van der Waals surface area contributed by atoms with E-state index in [1.807, 2.05) is 6.92 Å². The molecule has 1 amide bonds. The molecular formula is C22H30FN5O5. The molecule has 11 heteroatoms. The number of nitrogens with zero attached hydrogens (tertiary/aromatic N) is 5. The van der Waals surface area contributed by atoms with Crippen molar-refractivity contribution in [1.82, 2.24) is 24.9 Å². The van der Waals surface area contributed by atoms with Crippen molar-refractivity contribution in [1.29, 1.82) is 0 Å². The summed E-state index contributed by atoms with van der Waals surface area (Å²) in [6.45, 7) is 1.52. The summed E-state index contributed by atoms with van der Waals surface area (Å²) in [5.74, 6) is -0.559. The fourth-order valence-electron chi connectivity index (χ4n) is 3.83. The molecule has 2 heterocycles. The van der Waals surface area contributed by atoms with E-state index in [9.17, 15) is 19.1 Å². The molecule has 0 unspecified atom stereocenters. The molecule has 1 aliphatic carbocycles. The van der Waals surface area contributed by atoms with E-state index in [1.54, 1.807) is 26.2 Å². The van der Waals surface area contributed by atoms with Gasteiger partial charge >= 0.3 is 12.1 Å². The molecule has 0 bridgehead atoms. The second-order valence-corrected chi connectivity index (χ2v) is 8.25. The molecule has 1 fully saturated rings. The maximum absolute atomic E-state index is 12.3. The number of ether oxygens (including phenoxy) is 2. The number of carboxylic acid groups (broad SMARTS) is 1. The first-order valence-corrected chi connectivity index (χ1v) is 11.0. The number of carbonyl (C=O) groups excluding carboxylic acids is 1. The highest BCUT2D eigenvalue weighted by Gasteiger charge is 2.28. The van der Waals surface area contributed by atoms with Crippen LogP contribution in [0.25, 0.3) is 11.4 Å². The van der Waals surface area contributed by atoms with Crippen molar-refractivity contribution in [3.8, 4) is 17.1 Å². The zero-order chi connectivity index (χ0) is 24.0. The molecule has 1 N–H and O–H groups in total. The van der Waals surface area contributed by atoms with E-state index in [0.717, 1.165) is 12.8 Å². The molecule has 0 aliphatic heterocycles. The second-order valence-electron chi connectivity index (χ2n) is 8.25. The van der Waals surface area contributed by atoms with Crippen LogP contribution in [0, 0.1) is 12.8 Å². The van der Waals surface area contributed by atoms with Gasteiger partial charge in [0.25, 0.3) is 0 Å². The van der Waals surface area contributed by atoms with Crippen molar-refractivity contribution < 1.29 is 28.6 Å². The number of hydrogen-bond donors (Lipinski definition) is 1. The molecule has 180 valence electrons. The Morgan fingerprint density at radius 3 is 2.82 bits per heavy atom. The van der Waals surface area contributed by atoms with E-state index in [0.29, 0.717) is 41.4 Å². The SMILES string of the molecule is Cc1nc(-c2nnn(C)c2COC(=O)N(C)CCCF)ccc1O[C@H]1CCC[C@H](C(=O)O)C1. The standard InChI is InChI=1S/C22H30FN5O5/c1-14-19(33-16-7-4-6-15(12-16)21(29)30)9-8-17(24-14)20-18(28(3)26-25-20)13-32-22(31)27(2)11-5-10-23/h8-9,15-16H,4-7,10-13H2,1-3H3,(H,29,30)/t15-,16-/m0/s1. The average molecular weight is 464 g/mol. The first-order chi connectivity index (χ1) is 15.8. The van der Waals surface area contributed by atoms with Gasteiger partial charge in [0.05, 0.1) is 30.1 Å². The van der Waals surface area contributed by atoms with Crippen molar-refractivity contribution in [3.63, 3.8) is 0 Å². The minimum atomic E-state index is -0.780. The molecular weight excluding hydrogens is 433 g/mol. The topological polar surface area (TPSA) is 120 Å². The number of halogens is 1. The van der Waals surface area contributed by atoms with E-state index in [1.165, 1.54) is 9.58 Å². The fourth-order valence-corrected chi connectivity index (χ4v) is 3.83. The maximum Gasteiger partial charge on any atom is 0.409 e. The zero-order valence-electron chi connectivity index (χ0n) is 19.2. The summed E-state index contributed by atoms with van der Waals surface area (Å²) < 4.78 is 25.2. The van der Waals surface area contributed by atoms with Gasteiger partial charge in [-0.05, 0) is 51.2 Å². The van der Waals surface area contributed by atoms with Gasteiger partial charge in [-0.3, -0.25) is 9.18 Å². The van der Waals surface area contributed by atoms with E-state index in [-0.39, 0.29) is 31.6 Å². The molecule has 0 saturated heterocycles. The van der Waals surface area contributed by atoms with Gasteiger partial charge in [-0.2, -0.15) is 0 Å². The number of rotatable bonds is 9. The van der Waals surface area contributed by atoms with Gasteiger partial charge in [0.1, 0.15) is 23.7 Å². The monoisotopic (exact) mass is 463 g/mol. The highest BCUT2D eigenvalue weighted by atomic mass is 19.1. The summed E-state index contributed by atoms with van der Waals surface area (Å²) in [5, 5.41) is 17.5. The van der Waals surface area contributed by atoms with Crippen LogP contribution in [0.2, 0.25) is 0 Å². The number of alkyl halides is 1. The number of carbonyl (C=O) groups is 2. The van der Waals surface area contributed by atoms with Gasteiger partial charge in [0.15, 0.2) is 0 Å². The second kappa shape index (κ2) is 11.1. The van der Waals surface area contributed by atoms with Crippen molar-refractivity contribution in [3.05, 3.63) is 23.5 Å². The van der Waals surface area contributed by atoms with Crippen LogP contribution in [0.1, 0.15) is 43.5 Å². The summed E-state index contributed by atoms with van der Waals surface area (Å²) in [6, 6.07) is 3.54. The molecule has 0 aromatic carbocycles. The lowest BCUT2D eigenvalue weighted by Gasteiger charge is -2.27. The van der Waals surface area contributed by atoms with Crippen molar-refractivity contribution in [2.45, 2.75) is 51.7 Å². The summed E-state index contributed by atoms with van der Waals surface area (Å²) in [6.07, 6.45) is 2.32. The van der Waals surface area contributed by atoms with Crippen molar-refractivity contribution >= 4 is 12.1 Å². The molecule has 1 aliphatic rings. The third kappa shape index (κ3) is 6.17. The average Bonchev–Trinajstić information content (AvgIpc) is 3.17. The van der Waals surface area contributed by atoms with E-state index in [4.69, 9.17) is 9.47 Å². The summed E-state index contributed by atoms with van der Waals surface area (Å²) in [5.41, 5.74) is 2.25. The minimum absolute atomic E-state index is 0.0603. The van der Waals surface area contributed by atoms with Gasteiger partial charge in [0, 0.05) is 20.6 Å². The van der Waals surface area contributed by atoms with Gasteiger partial charge in [-0.15, -0.1) is 5.10 Å². The highest BCUT2D eigenvalue weighted by Crippen LogP contribution is 2.30. The largest absolute Gasteiger partial charge is 0.489 e.